The standard InChI is InChI=1S/C25H25N5O2/c1-17-10-11-26-22(13-17)25(31)29-12-4-6-20(15-29)24-27-23-9-8-19(16-30(23)28-24)18-5-3-7-21(14-18)32-2/h3,5,7-11,13-14,16,20H,4,6,12,15H2,1-2H3/t20-/m1/s1. The Kier molecular flexibility index (Phi) is 5.31. The maximum atomic E-state index is 13.0. The number of benzene rings is 1. The smallest absolute Gasteiger partial charge is 0.272 e. The highest BCUT2D eigenvalue weighted by Gasteiger charge is 2.28. The number of carbonyl (C=O) groups is 1. The van der Waals surface area contributed by atoms with Gasteiger partial charge in [-0.2, -0.15) is 5.10 Å². The Labute approximate surface area is 186 Å². The lowest BCUT2D eigenvalue weighted by atomic mass is 9.97. The lowest BCUT2D eigenvalue weighted by Crippen LogP contribution is -2.39. The van der Waals surface area contributed by atoms with Crippen LogP contribution in [0.5, 0.6) is 5.75 Å². The molecule has 162 valence electrons. The maximum absolute atomic E-state index is 13.0. The van der Waals surface area contributed by atoms with Crippen LogP contribution in [0.25, 0.3) is 16.8 Å². The summed E-state index contributed by atoms with van der Waals surface area (Å²) in [5.74, 6) is 1.68. The zero-order chi connectivity index (χ0) is 22.1. The molecule has 1 aromatic carbocycles. The van der Waals surface area contributed by atoms with Gasteiger partial charge in [0.1, 0.15) is 11.4 Å². The molecule has 7 nitrogen and oxygen atoms in total. The lowest BCUT2D eigenvalue weighted by molar-refractivity contribution is 0.0698. The molecule has 0 spiro atoms. The van der Waals surface area contributed by atoms with Crippen molar-refractivity contribution in [2.75, 3.05) is 20.2 Å². The fraction of sp³-hybridized carbons (Fsp3) is 0.280. The van der Waals surface area contributed by atoms with E-state index in [0.717, 1.165) is 53.3 Å². The molecule has 1 saturated heterocycles. The van der Waals surface area contributed by atoms with E-state index in [1.807, 2.05) is 71.1 Å². The molecule has 3 aromatic heterocycles. The summed E-state index contributed by atoms with van der Waals surface area (Å²) in [7, 11) is 1.67. The predicted octanol–water partition coefficient (Wildman–Crippen LogP) is 4.13. The average Bonchev–Trinajstić information content (AvgIpc) is 3.27. The van der Waals surface area contributed by atoms with Crippen LogP contribution in [0.4, 0.5) is 0 Å². The Morgan fingerprint density at radius 3 is 2.88 bits per heavy atom. The zero-order valence-electron chi connectivity index (χ0n) is 18.2. The SMILES string of the molecule is COc1cccc(-c2ccc3nc([C@@H]4CCCN(C(=O)c5cc(C)ccn5)C4)nn3c2)c1. The second-order valence-corrected chi connectivity index (χ2v) is 8.23. The van der Waals surface area contributed by atoms with Crippen LogP contribution in [0.3, 0.4) is 0 Å². The van der Waals surface area contributed by atoms with Crippen molar-refractivity contribution in [1.29, 1.82) is 0 Å². The van der Waals surface area contributed by atoms with Crippen LogP contribution in [0, 0.1) is 6.92 Å². The highest BCUT2D eigenvalue weighted by molar-refractivity contribution is 5.92. The fourth-order valence-corrected chi connectivity index (χ4v) is 4.23. The number of aryl methyl sites for hydroxylation is 1. The molecule has 1 aliphatic heterocycles. The van der Waals surface area contributed by atoms with Crippen LogP contribution in [0.15, 0.2) is 60.9 Å². The number of hydrogen-bond acceptors (Lipinski definition) is 5. The minimum absolute atomic E-state index is 0.0255. The van der Waals surface area contributed by atoms with Crippen molar-refractivity contribution in [1.82, 2.24) is 24.5 Å². The monoisotopic (exact) mass is 427 g/mol. The average molecular weight is 428 g/mol. The number of piperidine rings is 1. The van der Waals surface area contributed by atoms with E-state index >= 15 is 0 Å². The number of rotatable bonds is 4. The lowest BCUT2D eigenvalue weighted by Gasteiger charge is -2.31. The number of ether oxygens (including phenoxy) is 1. The van der Waals surface area contributed by atoms with Crippen molar-refractivity contribution in [3.63, 3.8) is 0 Å². The molecule has 4 heterocycles. The number of fused-ring (bicyclic) bond motifs is 1. The van der Waals surface area contributed by atoms with E-state index in [2.05, 4.69) is 4.98 Å². The number of hydrogen-bond donors (Lipinski definition) is 0. The van der Waals surface area contributed by atoms with Crippen molar-refractivity contribution in [2.24, 2.45) is 0 Å². The Morgan fingerprint density at radius 2 is 2.03 bits per heavy atom. The molecule has 1 atom stereocenters. The third kappa shape index (κ3) is 3.93. The number of methoxy groups -OCH3 is 1. The number of likely N-dealkylation sites (tertiary alicyclic amines) is 1. The fourth-order valence-electron chi connectivity index (χ4n) is 4.23. The highest BCUT2D eigenvalue weighted by Crippen LogP contribution is 2.28. The van der Waals surface area contributed by atoms with Crippen LogP contribution >= 0.6 is 0 Å². The number of aromatic nitrogens is 4. The van der Waals surface area contributed by atoms with E-state index in [0.29, 0.717) is 12.2 Å². The number of carbonyl (C=O) groups excluding carboxylic acids is 1. The molecule has 4 aromatic rings. The van der Waals surface area contributed by atoms with Gasteiger partial charge >= 0.3 is 0 Å². The van der Waals surface area contributed by atoms with Gasteiger partial charge in [0.25, 0.3) is 5.91 Å². The third-order valence-electron chi connectivity index (χ3n) is 5.96. The van der Waals surface area contributed by atoms with Gasteiger partial charge in [-0.1, -0.05) is 12.1 Å². The molecular weight excluding hydrogens is 402 g/mol. The molecule has 7 heteroatoms. The zero-order valence-corrected chi connectivity index (χ0v) is 18.2. The summed E-state index contributed by atoms with van der Waals surface area (Å²) in [6.07, 6.45) is 5.56. The van der Waals surface area contributed by atoms with E-state index < -0.39 is 0 Å². The summed E-state index contributed by atoms with van der Waals surface area (Å²) >= 11 is 0. The molecule has 1 aliphatic rings. The van der Waals surface area contributed by atoms with Gasteiger partial charge in [0.05, 0.1) is 7.11 Å². The maximum Gasteiger partial charge on any atom is 0.272 e. The van der Waals surface area contributed by atoms with Crippen molar-refractivity contribution in [3.05, 3.63) is 78.0 Å². The van der Waals surface area contributed by atoms with E-state index in [-0.39, 0.29) is 11.8 Å². The van der Waals surface area contributed by atoms with Gasteiger partial charge in [-0.05, 0) is 67.3 Å². The minimum Gasteiger partial charge on any atom is -0.497 e. The van der Waals surface area contributed by atoms with Gasteiger partial charge in [-0.3, -0.25) is 9.78 Å². The normalized spacial score (nSPS) is 16.3. The molecule has 0 saturated carbocycles. The van der Waals surface area contributed by atoms with Crippen molar-refractivity contribution >= 4 is 11.6 Å². The van der Waals surface area contributed by atoms with Crippen molar-refractivity contribution in [2.45, 2.75) is 25.7 Å². The van der Waals surface area contributed by atoms with Gasteiger partial charge < -0.3 is 9.64 Å². The predicted molar refractivity (Wildman–Crippen MR) is 122 cm³/mol. The van der Waals surface area contributed by atoms with Crippen molar-refractivity contribution in [3.8, 4) is 16.9 Å². The second-order valence-electron chi connectivity index (χ2n) is 8.23. The van der Waals surface area contributed by atoms with Crippen molar-refractivity contribution < 1.29 is 9.53 Å². The minimum atomic E-state index is -0.0255. The summed E-state index contributed by atoms with van der Waals surface area (Å²) in [5, 5.41) is 4.77. The van der Waals surface area contributed by atoms with Crippen LogP contribution in [-0.4, -0.2) is 50.6 Å². The summed E-state index contributed by atoms with van der Waals surface area (Å²) in [4.78, 5) is 23.9. The topological polar surface area (TPSA) is 72.6 Å². The van der Waals surface area contributed by atoms with Gasteiger partial charge in [0.15, 0.2) is 11.5 Å². The molecule has 0 N–H and O–H groups in total. The first-order chi connectivity index (χ1) is 15.6. The van der Waals surface area contributed by atoms with Gasteiger partial charge in [0.2, 0.25) is 0 Å². The first-order valence-electron chi connectivity index (χ1n) is 10.8. The van der Waals surface area contributed by atoms with E-state index in [1.165, 1.54) is 0 Å². The van der Waals surface area contributed by atoms with Gasteiger partial charge in [-0.25, -0.2) is 9.50 Å². The second kappa shape index (κ2) is 8.42. The molecule has 0 aliphatic carbocycles. The summed E-state index contributed by atoms with van der Waals surface area (Å²) in [5.41, 5.74) is 4.43. The third-order valence-corrected chi connectivity index (χ3v) is 5.96. The first kappa shape index (κ1) is 20.2. The molecule has 0 bridgehead atoms. The molecule has 0 radical (unpaired) electrons. The van der Waals surface area contributed by atoms with Crippen LogP contribution in [-0.2, 0) is 0 Å². The van der Waals surface area contributed by atoms with E-state index in [4.69, 9.17) is 14.8 Å². The Hall–Kier alpha value is -3.74. The molecule has 1 fully saturated rings. The Bertz CT molecular complexity index is 1280. The number of nitrogens with zero attached hydrogens (tertiary/aromatic N) is 5. The number of pyridine rings is 2. The molecule has 0 unspecified atom stereocenters. The van der Waals surface area contributed by atoms with Crippen LogP contribution in [0.1, 0.15) is 40.6 Å². The van der Waals surface area contributed by atoms with Gasteiger partial charge in [-0.15, -0.1) is 0 Å². The van der Waals surface area contributed by atoms with Crippen LogP contribution in [0.2, 0.25) is 0 Å². The largest absolute Gasteiger partial charge is 0.497 e. The van der Waals surface area contributed by atoms with Gasteiger partial charge in [0, 0.05) is 37.0 Å². The first-order valence-corrected chi connectivity index (χ1v) is 10.8. The quantitative estimate of drug-likeness (QED) is 0.490. The summed E-state index contributed by atoms with van der Waals surface area (Å²) < 4.78 is 7.17. The summed E-state index contributed by atoms with van der Waals surface area (Å²) in [6, 6.07) is 15.7. The summed E-state index contributed by atoms with van der Waals surface area (Å²) in [6.45, 7) is 3.31. The molecule has 1 amide bonds. The van der Waals surface area contributed by atoms with E-state index in [9.17, 15) is 4.79 Å². The molecule has 32 heavy (non-hydrogen) atoms. The highest BCUT2D eigenvalue weighted by atomic mass is 16.5. The molecule has 5 rings (SSSR count). The van der Waals surface area contributed by atoms with Crippen LogP contribution < -0.4 is 4.74 Å². The Morgan fingerprint density at radius 1 is 1.12 bits per heavy atom. The molecular formula is C25H25N5O2. The number of amides is 1. The van der Waals surface area contributed by atoms with E-state index in [1.54, 1.807) is 13.3 Å². The Balaban J connectivity index is 1.38.